The van der Waals surface area contributed by atoms with E-state index in [1.54, 1.807) is 13.2 Å². The maximum Gasteiger partial charge on any atom is 0.128 e. The second-order valence-corrected chi connectivity index (χ2v) is 6.38. The van der Waals surface area contributed by atoms with E-state index < -0.39 is 0 Å². The molecule has 0 atom stereocenters. The van der Waals surface area contributed by atoms with E-state index in [-0.39, 0.29) is 11.2 Å². The van der Waals surface area contributed by atoms with Gasteiger partial charge in [-0.15, -0.1) is 0 Å². The molecule has 0 unspecified atom stereocenters. The van der Waals surface area contributed by atoms with E-state index in [4.69, 9.17) is 16.3 Å². The summed E-state index contributed by atoms with van der Waals surface area (Å²) in [5, 5.41) is 3.81. The van der Waals surface area contributed by atoms with Crippen LogP contribution in [0.2, 0.25) is 5.02 Å². The largest absolute Gasteiger partial charge is 0.383 e. The van der Waals surface area contributed by atoms with Crippen molar-refractivity contribution in [1.82, 2.24) is 5.32 Å². The average molecular weight is 353 g/mol. The minimum Gasteiger partial charge on any atom is -0.383 e. The van der Waals surface area contributed by atoms with Crippen molar-refractivity contribution in [1.29, 1.82) is 0 Å². The molecule has 0 heterocycles. The molecule has 1 rings (SSSR count). The Morgan fingerprint density at radius 2 is 2.05 bits per heavy atom. The number of hydrogen-bond donors (Lipinski definition) is 1. The average Bonchev–Trinajstić information content (AvgIpc) is 2.33. The van der Waals surface area contributed by atoms with Gasteiger partial charge < -0.3 is 10.1 Å². The van der Waals surface area contributed by atoms with Gasteiger partial charge in [0.05, 0.1) is 11.6 Å². The van der Waals surface area contributed by atoms with Crippen molar-refractivity contribution in [2.24, 2.45) is 0 Å². The van der Waals surface area contributed by atoms with Crippen molar-refractivity contribution in [2.75, 3.05) is 26.8 Å². The highest BCUT2D eigenvalue weighted by Crippen LogP contribution is 2.34. The molecule has 1 aromatic rings. The van der Waals surface area contributed by atoms with Crippen LogP contribution in [-0.4, -0.2) is 26.8 Å². The first kappa shape index (κ1) is 16.9. The highest BCUT2D eigenvalue weighted by atomic mass is 79.9. The molecule has 0 fully saturated rings. The van der Waals surface area contributed by atoms with Gasteiger partial charge >= 0.3 is 0 Å². The Morgan fingerprint density at radius 3 is 2.68 bits per heavy atom. The quantitative estimate of drug-likeness (QED) is 0.588. The van der Waals surface area contributed by atoms with Gasteiger partial charge in [-0.05, 0) is 52.0 Å². The molecule has 5 heteroatoms. The summed E-state index contributed by atoms with van der Waals surface area (Å²) in [6.45, 7) is 6.33. The van der Waals surface area contributed by atoms with Crippen molar-refractivity contribution >= 4 is 27.5 Å². The predicted octanol–water partition coefficient (Wildman–Crippen LogP) is 4.15. The number of hydrogen-bond acceptors (Lipinski definition) is 2. The van der Waals surface area contributed by atoms with Gasteiger partial charge in [0, 0.05) is 18.1 Å². The molecule has 0 aliphatic heterocycles. The second kappa shape index (κ2) is 7.58. The zero-order chi connectivity index (χ0) is 14.5. The molecule has 2 nitrogen and oxygen atoms in total. The van der Waals surface area contributed by atoms with E-state index in [0.717, 1.165) is 19.5 Å². The van der Waals surface area contributed by atoms with Crippen molar-refractivity contribution in [3.05, 3.63) is 33.0 Å². The highest BCUT2D eigenvalue weighted by molar-refractivity contribution is 9.10. The lowest BCUT2D eigenvalue weighted by Crippen LogP contribution is -2.28. The Hall–Kier alpha value is -0.160. The molecular formula is C14H20BrClFNO. The van der Waals surface area contributed by atoms with E-state index in [1.165, 1.54) is 6.07 Å². The third kappa shape index (κ3) is 5.03. The van der Waals surface area contributed by atoms with E-state index in [2.05, 4.69) is 21.2 Å². The van der Waals surface area contributed by atoms with Gasteiger partial charge in [-0.1, -0.05) is 25.4 Å². The summed E-state index contributed by atoms with van der Waals surface area (Å²) >= 11 is 9.28. The summed E-state index contributed by atoms with van der Waals surface area (Å²) in [6.07, 6.45) is 0.825. The van der Waals surface area contributed by atoms with E-state index >= 15 is 0 Å². The fourth-order valence-electron chi connectivity index (χ4n) is 1.88. The molecule has 0 aliphatic carbocycles. The lowest BCUT2D eigenvalue weighted by atomic mass is 9.81. The molecule has 0 aromatic heterocycles. The van der Waals surface area contributed by atoms with Gasteiger partial charge in [0.1, 0.15) is 5.82 Å². The van der Waals surface area contributed by atoms with Crippen LogP contribution < -0.4 is 5.32 Å². The second-order valence-electron chi connectivity index (χ2n) is 5.12. The highest BCUT2D eigenvalue weighted by Gasteiger charge is 2.24. The summed E-state index contributed by atoms with van der Waals surface area (Å²) in [4.78, 5) is 0. The Bertz CT molecular complexity index is 426. The first-order chi connectivity index (χ1) is 8.88. The van der Waals surface area contributed by atoms with Crippen LogP contribution in [0.15, 0.2) is 16.6 Å². The molecule has 0 aliphatic rings. The first-order valence-electron chi connectivity index (χ1n) is 6.23. The Balaban J connectivity index is 2.68. The van der Waals surface area contributed by atoms with E-state index in [1.807, 2.05) is 13.8 Å². The Labute approximate surface area is 127 Å². The smallest absolute Gasteiger partial charge is 0.128 e. The van der Waals surface area contributed by atoms with Gasteiger partial charge in [-0.3, -0.25) is 0 Å². The number of methoxy groups -OCH3 is 1. The summed E-state index contributed by atoms with van der Waals surface area (Å²) in [5.74, 6) is -0.224. The monoisotopic (exact) mass is 351 g/mol. The molecule has 0 bridgehead atoms. The van der Waals surface area contributed by atoms with Crippen LogP contribution in [0, 0.1) is 5.82 Å². The van der Waals surface area contributed by atoms with Crippen LogP contribution in [0.5, 0.6) is 0 Å². The fraction of sp³-hybridized carbons (Fsp3) is 0.571. The summed E-state index contributed by atoms with van der Waals surface area (Å²) in [6, 6.07) is 3.13. The zero-order valence-electron chi connectivity index (χ0n) is 11.5. The molecule has 0 radical (unpaired) electrons. The molecule has 1 N–H and O–H groups in total. The normalized spacial score (nSPS) is 11.9. The summed E-state index contributed by atoms with van der Waals surface area (Å²) in [7, 11) is 1.67. The number of nitrogens with one attached hydrogen (secondary N) is 1. The van der Waals surface area contributed by atoms with Gasteiger partial charge in [-0.25, -0.2) is 4.39 Å². The maximum absolute atomic E-state index is 14.0. The van der Waals surface area contributed by atoms with Crippen LogP contribution in [0.4, 0.5) is 4.39 Å². The number of halogens is 3. The Kier molecular flexibility index (Phi) is 6.74. The minimum absolute atomic E-state index is 0.224. The molecule has 0 spiro atoms. The van der Waals surface area contributed by atoms with Crippen LogP contribution in [0.1, 0.15) is 25.8 Å². The topological polar surface area (TPSA) is 21.3 Å². The van der Waals surface area contributed by atoms with Gasteiger partial charge in [-0.2, -0.15) is 0 Å². The van der Waals surface area contributed by atoms with Crippen LogP contribution in [0.25, 0.3) is 0 Å². The molecule has 108 valence electrons. The standard InChI is InChI=1S/C14H20BrClFNO/c1-14(2,4-5-18-6-7-19-3)10-8-12(16)11(15)9-13(10)17/h8-9,18H,4-7H2,1-3H3. The van der Waals surface area contributed by atoms with Gasteiger partial charge in [0.2, 0.25) is 0 Å². The van der Waals surface area contributed by atoms with Crippen LogP contribution in [0.3, 0.4) is 0 Å². The van der Waals surface area contributed by atoms with E-state index in [9.17, 15) is 4.39 Å². The van der Waals surface area contributed by atoms with Gasteiger partial charge in [0.15, 0.2) is 0 Å². The van der Waals surface area contributed by atoms with Crippen molar-refractivity contribution in [3.8, 4) is 0 Å². The molecule has 1 aromatic carbocycles. The maximum atomic E-state index is 14.0. The minimum atomic E-state index is -0.269. The van der Waals surface area contributed by atoms with Crippen LogP contribution in [-0.2, 0) is 10.2 Å². The molecule has 0 saturated heterocycles. The number of ether oxygens (including phenoxy) is 1. The molecular weight excluding hydrogens is 333 g/mol. The van der Waals surface area contributed by atoms with Crippen molar-refractivity contribution < 1.29 is 9.13 Å². The summed E-state index contributed by atoms with van der Waals surface area (Å²) < 4.78 is 19.6. The number of benzene rings is 1. The van der Waals surface area contributed by atoms with Crippen molar-refractivity contribution in [2.45, 2.75) is 25.7 Å². The lowest BCUT2D eigenvalue weighted by Gasteiger charge is -2.26. The SMILES string of the molecule is COCCNCCC(C)(C)c1cc(Cl)c(Br)cc1F. The van der Waals surface area contributed by atoms with E-state index in [0.29, 0.717) is 21.7 Å². The predicted molar refractivity (Wildman–Crippen MR) is 81.5 cm³/mol. The van der Waals surface area contributed by atoms with Crippen molar-refractivity contribution in [3.63, 3.8) is 0 Å². The molecule has 19 heavy (non-hydrogen) atoms. The molecule has 0 amide bonds. The lowest BCUT2D eigenvalue weighted by molar-refractivity contribution is 0.198. The molecule has 0 saturated carbocycles. The van der Waals surface area contributed by atoms with Gasteiger partial charge in [0.25, 0.3) is 0 Å². The zero-order valence-corrected chi connectivity index (χ0v) is 13.9. The summed E-state index contributed by atoms with van der Waals surface area (Å²) in [5.41, 5.74) is 0.378. The number of rotatable bonds is 7. The third-order valence-corrected chi connectivity index (χ3v) is 4.35. The fourth-order valence-corrected chi connectivity index (χ4v) is 2.36. The first-order valence-corrected chi connectivity index (χ1v) is 7.40. The Morgan fingerprint density at radius 1 is 1.37 bits per heavy atom. The van der Waals surface area contributed by atoms with Crippen LogP contribution >= 0.6 is 27.5 Å². The third-order valence-electron chi connectivity index (χ3n) is 3.15.